The number of nitrogens with zero attached hydrogens (tertiary/aromatic N) is 2. The van der Waals surface area contributed by atoms with Gasteiger partial charge in [0.25, 0.3) is 0 Å². The highest BCUT2D eigenvalue weighted by Gasteiger charge is 2.07. The molecule has 1 amide bonds. The third kappa shape index (κ3) is 4.41. The summed E-state index contributed by atoms with van der Waals surface area (Å²) in [5.74, 6) is 0.339. The molecule has 0 aliphatic rings. The Balaban J connectivity index is 1.82. The molecule has 5 nitrogen and oxygen atoms in total. The van der Waals surface area contributed by atoms with Crippen LogP contribution in [0.25, 0.3) is 0 Å². The van der Waals surface area contributed by atoms with Crippen molar-refractivity contribution in [3.63, 3.8) is 0 Å². The lowest BCUT2D eigenvalue weighted by Crippen LogP contribution is -2.13. The second kappa shape index (κ2) is 6.78. The van der Waals surface area contributed by atoms with Gasteiger partial charge in [-0.25, -0.2) is 4.98 Å². The third-order valence-corrected chi connectivity index (χ3v) is 4.55. The fourth-order valence-electron chi connectivity index (χ4n) is 1.21. The number of nitrogens with one attached hydrogen (secondary N) is 1. The van der Waals surface area contributed by atoms with Gasteiger partial charge in [0.15, 0.2) is 4.34 Å². The van der Waals surface area contributed by atoms with Crippen molar-refractivity contribution in [2.24, 2.45) is 0 Å². The van der Waals surface area contributed by atoms with Crippen LogP contribution < -0.4 is 5.32 Å². The molecule has 0 saturated carbocycles. The van der Waals surface area contributed by atoms with Gasteiger partial charge in [-0.3, -0.25) is 4.79 Å². The van der Waals surface area contributed by atoms with E-state index in [1.165, 1.54) is 47.2 Å². The molecule has 0 bridgehead atoms. The zero-order chi connectivity index (χ0) is 13.7. The van der Waals surface area contributed by atoms with Gasteiger partial charge in [-0.05, 0) is 42.1 Å². The van der Waals surface area contributed by atoms with Crippen LogP contribution in [0.15, 0.2) is 33.8 Å². The molecule has 0 fully saturated rings. The minimum Gasteiger partial charge on any atom is -0.508 e. The number of thioether (sulfide) groups is 2. The third-order valence-electron chi connectivity index (χ3n) is 2.05. The minimum absolute atomic E-state index is 0.114. The Morgan fingerprint density at radius 3 is 2.79 bits per heavy atom. The maximum absolute atomic E-state index is 11.7. The second-order valence-electron chi connectivity index (χ2n) is 3.43. The maximum Gasteiger partial charge on any atom is 0.234 e. The topological polar surface area (TPSA) is 75.1 Å². The van der Waals surface area contributed by atoms with E-state index in [0.717, 1.165) is 9.50 Å². The Labute approximate surface area is 123 Å². The summed E-state index contributed by atoms with van der Waals surface area (Å²) in [6.45, 7) is 0. The van der Waals surface area contributed by atoms with Crippen molar-refractivity contribution in [2.75, 3.05) is 17.3 Å². The standard InChI is InChI=1S/C11H11N3O2S3/c1-17-10-13-11(19-14-10)18-6-9(16)12-7-2-4-8(15)5-3-7/h2-5,15H,6H2,1H3,(H,12,16). The number of hydrogen-bond acceptors (Lipinski definition) is 7. The molecule has 100 valence electrons. The van der Waals surface area contributed by atoms with Gasteiger partial charge < -0.3 is 10.4 Å². The quantitative estimate of drug-likeness (QED) is 0.653. The summed E-state index contributed by atoms with van der Waals surface area (Å²) >= 11 is 4.13. The van der Waals surface area contributed by atoms with Gasteiger partial charge in [0.2, 0.25) is 11.1 Å². The first-order chi connectivity index (χ1) is 9.17. The number of rotatable bonds is 5. The molecular weight excluding hydrogens is 302 g/mol. The molecule has 19 heavy (non-hydrogen) atoms. The van der Waals surface area contributed by atoms with E-state index in [4.69, 9.17) is 5.11 Å². The summed E-state index contributed by atoms with van der Waals surface area (Å²) in [6.07, 6.45) is 1.91. The van der Waals surface area contributed by atoms with E-state index >= 15 is 0 Å². The van der Waals surface area contributed by atoms with E-state index in [2.05, 4.69) is 14.7 Å². The lowest BCUT2D eigenvalue weighted by atomic mass is 10.3. The average molecular weight is 313 g/mol. The maximum atomic E-state index is 11.7. The van der Waals surface area contributed by atoms with E-state index in [0.29, 0.717) is 5.69 Å². The highest BCUT2D eigenvalue weighted by Crippen LogP contribution is 2.23. The van der Waals surface area contributed by atoms with Gasteiger partial charge in [-0.15, -0.1) is 0 Å². The molecule has 1 aromatic carbocycles. The molecule has 2 N–H and O–H groups in total. The zero-order valence-corrected chi connectivity index (χ0v) is 12.4. The number of aromatic nitrogens is 2. The van der Waals surface area contributed by atoms with Crippen LogP contribution in [0.5, 0.6) is 5.75 Å². The predicted molar refractivity (Wildman–Crippen MR) is 79.2 cm³/mol. The molecule has 0 unspecified atom stereocenters. The number of phenolic OH excluding ortho intramolecular Hbond substituents is 1. The van der Waals surface area contributed by atoms with Crippen LogP contribution >= 0.6 is 35.1 Å². The van der Waals surface area contributed by atoms with Gasteiger partial charge >= 0.3 is 0 Å². The molecule has 0 saturated heterocycles. The summed E-state index contributed by atoms with van der Waals surface area (Å²) < 4.78 is 4.90. The molecular formula is C11H11N3O2S3. The Kier molecular flexibility index (Phi) is 5.06. The first-order valence-corrected chi connectivity index (χ1v) is 8.25. The summed E-state index contributed by atoms with van der Waals surface area (Å²) in [7, 11) is 0. The number of anilines is 1. The Bertz CT molecular complexity index is 557. The van der Waals surface area contributed by atoms with Crippen molar-refractivity contribution in [1.82, 2.24) is 9.36 Å². The number of phenols is 1. The molecule has 0 aliphatic carbocycles. The van der Waals surface area contributed by atoms with Crippen LogP contribution in [0, 0.1) is 0 Å². The van der Waals surface area contributed by atoms with Crippen LogP contribution in [-0.4, -0.2) is 32.4 Å². The first-order valence-electron chi connectivity index (χ1n) is 5.27. The monoisotopic (exact) mass is 313 g/mol. The molecule has 0 spiro atoms. The average Bonchev–Trinajstić information content (AvgIpc) is 2.87. The van der Waals surface area contributed by atoms with Crippen molar-refractivity contribution in [3.8, 4) is 5.75 Å². The van der Waals surface area contributed by atoms with E-state index in [1.54, 1.807) is 12.1 Å². The molecule has 1 heterocycles. The van der Waals surface area contributed by atoms with E-state index in [1.807, 2.05) is 6.26 Å². The molecule has 0 radical (unpaired) electrons. The van der Waals surface area contributed by atoms with Gasteiger partial charge in [-0.1, -0.05) is 23.5 Å². The molecule has 0 atom stereocenters. The largest absolute Gasteiger partial charge is 0.508 e. The first kappa shape index (κ1) is 14.2. The number of benzene rings is 1. The van der Waals surface area contributed by atoms with Crippen molar-refractivity contribution in [3.05, 3.63) is 24.3 Å². The molecule has 2 rings (SSSR count). The highest BCUT2D eigenvalue weighted by molar-refractivity contribution is 8.01. The fraction of sp³-hybridized carbons (Fsp3) is 0.182. The summed E-state index contributed by atoms with van der Waals surface area (Å²) in [5.41, 5.74) is 0.658. The number of aromatic hydroxyl groups is 1. The lowest BCUT2D eigenvalue weighted by molar-refractivity contribution is -0.113. The summed E-state index contributed by atoms with van der Waals surface area (Å²) in [6, 6.07) is 6.35. The number of carbonyl (C=O) groups excluding carboxylic acids is 1. The van der Waals surface area contributed by atoms with Crippen molar-refractivity contribution in [2.45, 2.75) is 9.50 Å². The Hall–Kier alpha value is -1.25. The van der Waals surface area contributed by atoms with Crippen LogP contribution in [0.1, 0.15) is 0 Å². The molecule has 2 aromatic rings. The van der Waals surface area contributed by atoms with E-state index in [9.17, 15) is 4.79 Å². The molecule has 1 aromatic heterocycles. The van der Waals surface area contributed by atoms with Crippen LogP contribution in [0.2, 0.25) is 0 Å². The van der Waals surface area contributed by atoms with Crippen LogP contribution in [0.4, 0.5) is 5.69 Å². The van der Waals surface area contributed by atoms with Crippen molar-refractivity contribution >= 4 is 46.7 Å². The summed E-state index contributed by atoms with van der Waals surface area (Å²) in [5, 5.41) is 12.6. The van der Waals surface area contributed by atoms with Gasteiger partial charge in [0.1, 0.15) is 5.75 Å². The second-order valence-corrected chi connectivity index (χ2v) is 6.18. The van der Waals surface area contributed by atoms with Crippen molar-refractivity contribution < 1.29 is 9.90 Å². The van der Waals surface area contributed by atoms with E-state index < -0.39 is 0 Å². The van der Waals surface area contributed by atoms with Crippen LogP contribution in [-0.2, 0) is 4.79 Å². The number of hydrogen-bond donors (Lipinski definition) is 2. The van der Waals surface area contributed by atoms with E-state index in [-0.39, 0.29) is 17.4 Å². The van der Waals surface area contributed by atoms with Crippen molar-refractivity contribution in [1.29, 1.82) is 0 Å². The molecule has 8 heteroatoms. The lowest BCUT2D eigenvalue weighted by Gasteiger charge is -2.03. The highest BCUT2D eigenvalue weighted by atomic mass is 32.2. The number of carbonyl (C=O) groups is 1. The molecule has 0 aliphatic heterocycles. The summed E-state index contributed by atoms with van der Waals surface area (Å²) in [4.78, 5) is 15.9. The Morgan fingerprint density at radius 2 is 2.16 bits per heavy atom. The Morgan fingerprint density at radius 1 is 1.42 bits per heavy atom. The minimum atomic E-state index is -0.114. The SMILES string of the molecule is CSc1nsc(SCC(=O)Nc2ccc(O)cc2)n1. The number of amides is 1. The smallest absolute Gasteiger partial charge is 0.234 e. The normalized spacial score (nSPS) is 10.4. The fourth-order valence-corrected chi connectivity index (χ4v) is 3.22. The van der Waals surface area contributed by atoms with Gasteiger partial charge in [0, 0.05) is 5.69 Å². The van der Waals surface area contributed by atoms with Gasteiger partial charge in [-0.2, -0.15) is 4.37 Å². The predicted octanol–water partition coefficient (Wildman–Crippen LogP) is 2.70. The van der Waals surface area contributed by atoms with Crippen LogP contribution in [0.3, 0.4) is 0 Å². The zero-order valence-electron chi connectivity index (χ0n) is 9.99. The van der Waals surface area contributed by atoms with Gasteiger partial charge in [0.05, 0.1) is 5.75 Å².